The van der Waals surface area contributed by atoms with Crippen LogP contribution < -0.4 is 14.2 Å². The minimum atomic E-state index is -1.34. The second kappa shape index (κ2) is 10.2. The van der Waals surface area contributed by atoms with Crippen LogP contribution in [0.1, 0.15) is 42.6 Å². The molecule has 0 aliphatic rings. The van der Waals surface area contributed by atoms with E-state index in [-0.39, 0.29) is 11.5 Å². The number of phenols is 1. The van der Waals surface area contributed by atoms with E-state index >= 15 is 0 Å². The van der Waals surface area contributed by atoms with Crippen molar-refractivity contribution in [2.75, 3.05) is 13.2 Å². The van der Waals surface area contributed by atoms with Gasteiger partial charge in [0, 0.05) is 22.8 Å². The van der Waals surface area contributed by atoms with Gasteiger partial charge < -0.3 is 24.4 Å². The third kappa shape index (κ3) is 5.67. The quantitative estimate of drug-likeness (QED) is 0.236. The molecule has 164 valence electrons. The fourth-order valence-corrected chi connectivity index (χ4v) is 4.07. The zero-order valence-corrected chi connectivity index (χ0v) is 18.2. The molecule has 0 aliphatic carbocycles. The molecule has 0 fully saturated rings. The largest absolute Gasteiger partial charge is 0.512 e. The second-order valence-electron chi connectivity index (χ2n) is 6.93. The number of Topliss-reactive ketones (excluding diaryl/α,β-unsaturated/α-hetero) is 1. The van der Waals surface area contributed by atoms with E-state index in [2.05, 4.69) is 0 Å². The summed E-state index contributed by atoms with van der Waals surface area (Å²) in [6.45, 7) is 4.25. The molecule has 2 N–H and O–H groups in total. The van der Waals surface area contributed by atoms with Crippen molar-refractivity contribution in [3.8, 4) is 22.3 Å². The molecular formula is C23H24O7S. The zero-order valence-electron chi connectivity index (χ0n) is 17.3. The van der Waals surface area contributed by atoms with Gasteiger partial charge in [-0.3, -0.25) is 4.79 Å². The number of aromatic hydroxyl groups is 1. The molecule has 0 spiro atoms. The number of hydrogen-bond acceptors (Lipinski definition) is 7. The normalized spacial score (nSPS) is 10.8. The molecule has 1 heterocycles. The van der Waals surface area contributed by atoms with Crippen LogP contribution in [0.25, 0.3) is 10.1 Å². The van der Waals surface area contributed by atoms with Crippen LogP contribution >= 0.6 is 11.3 Å². The number of ketones is 1. The zero-order chi connectivity index (χ0) is 22.4. The minimum absolute atomic E-state index is 0.00147. The third-order valence-corrected chi connectivity index (χ3v) is 5.58. The van der Waals surface area contributed by atoms with Gasteiger partial charge in [-0.2, -0.15) is 0 Å². The SMILES string of the molecule is CCCc1c(OCCCOc2ccc3sc(OC(=O)O)cc3c2)ccc(C(C)=O)c1O. The summed E-state index contributed by atoms with van der Waals surface area (Å²) in [7, 11) is 0. The van der Waals surface area contributed by atoms with E-state index in [1.165, 1.54) is 18.3 Å². The van der Waals surface area contributed by atoms with Crippen LogP contribution in [0.4, 0.5) is 4.79 Å². The van der Waals surface area contributed by atoms with E-state index in [9.17, 15) is 14.7 Å². The Labute approximate surface area is 183 Å². The molecule has 0 amide bonds. The van der Waals surface area contributed by atoms with Crippen molar-refractivity contribution < 1.29 is 34.0 Å². The highest BCUT2D eigenvalue weighted by Gasteiger charge is 2.15. The lowest BCUT2D eigenvalue weighted by molar-refractivity contribution is 0.101. The average molecular weight is 445 g/mol. The van der Waals surface area contributed by atoms with Crippen LogP contribution in [0.5, 0.6) is 22.3 Å². The van der Waals surface area contributed by atoms with Gasteiger partial charge in [-0.15, -0.1) is 0 Å². The van der Waals surface area contributed by atoms with Gasteiger partial charge in [-0.25, -0.2) is 4.79 Å². The van der Waals surface area contributed by atoms with E-state index in [0.29, 0.717) is 53.7 Å². The van der Waals surface area contributed by atoms with E-state index in [0.717, 1.165) is 16.5 Å². The summed E-state index contributed by atoms with van der Waals surface area (Å²) in [5.74, 6) is 1.06. The molecule has 0 aliphatic heterocycles. The van der Waals surface area contributed by atoms with Crippen LogP contribution in [0.3, 0.4) is 0 Å². The Balaban J connectivity index is 1.55. The molecule has 2 aromatic carbocycles. The Morgan fingerprint density at radius 2 is 1.84 bits per heavy atom. The van der Waals surface area contributed by atoms with Gasteiger partial charge in [0.2, 0.25) is 0 Å². The first-order valence-corrected chi connectivity index (χ1v) is 10.8. The highest BCUT2D eigenvalue weighted by Crippen LogP contribution is 2.34. The number of hydrogen-bond donors (Lipinski definition) is 2. The Bertz CT molecular complexity index is 1090. The second-order valence-corrected chi connectivity index (χ2v) is 7.97. The average Bonchev–Trinajstić information content (AvgIpc) is 3.10. The predicted molar refractivity (Wildman–Crippen MR) is 118 cm³/mol. The van der Waals surface area contributed by atoms with Crippen LogP contribution in [-0.4, -0.2) is 35.4 Å². The summed E-state index contributed by atoms with van der Waals surface area (Å²) in [5.41, 5.74) is 0.957. The Hall–Kier alpha value is -3.26. The first-order valence-electron chi connectivity index (χ1n) is 9.94. The van der Waals surface area contributed by atoms with Gasteiger partial charge in [0.15, 0.2) is 10.8 Å². The molecule has 8 heteroatoms. The number of ether oxygens (including phenoxy) is 3. The highest BCUT2D eigenvalue weighted by atomic mass is 32.1. The smallest absolute Gasteiger partial charge is 0.507 e. The number of carboxylic acid groups (broad SMARTS) is 1. The van der Waals surface area contributed by atoms with Gasteiger partial charge in [-0.05, 0) is 49.1 Å². The molecule has 0 unspecified atom stereocenters. The van der Waals surface area contributed by atoms with Gasteiger partial charge in [0.05, 0.1) is 18.8 Å². The predicted octanol–water partition coefficient (Wildman–Crippen LogP) is 5.67. The number of carbonyl (C=O) groups excluding carboxylic acids is 1. The molecule has 0 bridgehead atoms. The summed E-state index contributed by atoms with van der Waals surface area (Å²) >= 11 is 1.25. The number of fused-ring (bicyclic) bond motifs is 1. The van der Waals surface area contributed by atoms with Gasteiger partial charge in [0.1, 0.15) is 17.2 Å². The maximum absolute atomic E-state index is 11.6. The highest BCUT2D eigenvalue weighted by molar-refractivity contribution is 7.20. The molecule has 0 atom stereocenters. The molecular weight excluding hydrogens is 420 g/mol. The van der Waals surface area contributed by atoms with E-state index < -0.39 is 6.16 Å². The molecule has 31 heavy (non-hydrogen) atoms. The molecule has 1 aromatic heterocycles. The van der Waals surface area contributed by atoms with Gasteiger partial charge >= 0.3 is 6.16 Å². The van der Waals surface area contributed by atoms with E-state index in [1.54, 1.807) is 18.2 Å². The number of phenolic OH excluding ortho intramolecular Hbond substituents is 1. The summed E-state index contributed by atoms with van der Waals surface area (Å²) in [5, 5.41) is 20.3. The molecule has 0 saturated carbocycles. The maximum Gasteiger partial charge on any atom is 0.512 e. The fraction of sp³-hybridized carbons (Fsp3) is 0.304. The topological polar surface area (TPSA) is 102 Å². The summed E-state index contributed by atoms with van der Waals surface area (Å²) < 4.78 is 17.2. The molecule has 0 radical (unpaired) electrons. The lowest BCUT2D eigenvalue weighted by Gasteiger charge is -2.15. The van der Waals surface area contributed by atoms with Crippen molar-refractivity contribution in [3.63, 3.8) is 0 Å². The third-order valence-electron chi connectivity index (χ3n) is 4.59. The molecule has 7 nitrogen and oxygen atoms in total. The number of benzene rings is 2. The van der Waals surface area contributed by atoms with Gasteiger partial charge in [0.25, 0.3) is 0 Å². The van der Waals surface area contributed by atoms with E-state index in [4.69, 9.17) is 19.3 Å². The van der Waals surface area contributed by atoms with Gasteiger partial charge in [-0.1, -0.05) is 24.7 Å². The number of carbonyl (C=O) groups is 2. The van der Waals surface area contributed by atoms with Crippen molar-refractivity contribution in [1.29, 1.82) is 0 Å². The maximum atomic E-state index is 11.6. The van der Waals surface area contributed by atoms with Crippen molar-refractivity contribution in [2.24, 2.45) is 0 Å². The summed E-state index contributed by atoms with van der Waals surface area (Å²) in [6, 6.07) is 10.5. The number of rotatable bonds is 10. The first kappa shape index (κ1) is 22.4. The fourth-order valence-electron chi connectivity index (χ4n) is 3.18. The van der Waals surface area contributed by atoms with Crippen LogP contribution in [-0.2, 0) is 6.42 Å². The summed E-state index contributed by atoms with van der Waals surface area (Å²) in [4.78, 5) is 22.3. The lowest BCUT2D eigenvalue weighted by Crippen LogP contribution is -2.07. The van der Waals surface area contributed by atoms with Crippen molar-refractivity contribution in [2.45, 2.75) is 33.1 Å². The summed E-state index contributed by atoms with van der Waals surface area (Å²) in [6.07, 6.45) is 0.719. The molecule has 0 saturated heterocycles. The Morgan fingerprint density at radius 3 is 2.55 bits per heavy atom. The van der Waals surface area contributed by atoms with E-state index in [1.807, 2.05) is 25.1 Å². The van der Waals surface area contributed by atoms with Crippen LogP contribution in [0.2, 0.25) is 0 Å². The number of thiophene rings is 1. The Morgan fingerprint density at radius 1 is 1.06 bits per heavy atom. The van der Waals surface area contributed by atoms with Crippen LogP contribution in [0, 0.1) is 0 Å². The monoisotopic (exact) mass is 444 g/mol. The lowest BCUT2D eigenvalue weighted by atomic mass is 10.0. The standard InChI is InChI=1S/C23H24O7S/c1-3-5-18-19(8-7-17(14(2)24)22(18)25)29-11-4-10-28-16-6-9-20-15(12-16)13-21(31-20)30-23(26)27/h6-9,12-13,25H,3-5,10-11H2,1-2H3,(H,26,27). The Kier molecular flexibility index (Phi) is 7.36. The van der Waals surface area contributed by atoms with Crippen LogP contribution in [0.15, 0.2) is 36.4 Å². The first-order chi connectivity index (χ1) is 14.9. The van der Waals surface area contributed by atoms with Crippen molar-refractivity contribution in [3.05, 3.63) is 47.5 Å². The van der Waals surface area contributed by atoms with Crippen molar-refractivity contribution >= 4 is 33.4 Å². The molecule has 3 rings (SSSR count). The minimum Gasteiger partial charge on any atom is -0.507 e. The molecule has 3 aromatic rings. The van der Waals surface area contributed by atoms with Crippen molar-refractivity contribution in [1.82, 2.24) is 0 Å².